The quantitative estimate of drug-likeness (QED) is 0.630. The summed E-state index contributed by atoms with van der Waals surface area (Å²) in [5.41, 5.74) is 2.47. The number of aromatic nitrogens is 1. The summed E-state index contributed by atoms with van der Waals surface area (Å²) in [6, 6.07) is -1.94. The van der Waals surface area contributed by atoms with Crippen LogP contribution in [0.2, 0.25) is 0 Å². The van der Waals surface area contributed by atoms with Crippen molar-refractivity contribution < 1.29 is 47.1 Å². The predicted molar refractivity (Wildman–Crippen MR) is 92.5 cm³/mol. The Kier molecular flexibility index (Phi) is 7.55. The minimum absolute atomic E-state index is 0. The average Bonchev–Trinajstić information content (AvgIpc) is 3.30. The minimum atomic E-state index is -0.694. The maximum absolute atomic E-state index is 12.8. The Bertz CT molecular complexity index is 650. The summed E-state index contributed by atoms with van der Waals surface area (Å²) in [7, 11) is 1.58. The van der Waals surface area contributed by atoms with Crippen LogP contribution in [-0.2, 0) is 48.7 Å². The number of carbonyl (C=O) groups is 3. The molecule has 0 aliphatic carbocycles. The Morgan fingerprint density at radius 1 is 1.54 bits per heavy atom. The normalized spacial score (nSPS) is 23.4. The Balaban J connectivity index is 0.00000243. The van der Waals surface area contributed by atoms with Crippen LogP contribution < -0.4 is 10.6 Å². The Hall–Kier alpha value is -1.06. The van der Waals surface area contributed by atoms with Crippen molar-refractivity contribution in [1.82, 2.24) is 25.4 Å². The molecule has 2 aliphatic rings. The van der Waals surface area contributed by atoms with Crippen LogP contribution in [0.4, 0.5) is 4.79 Å². The molecule has 4 amide bonds. The largest absolute Gasteiger partial charge is 3.00 e. The number of urea groups is 1. The molecule has 1 aromatic rings. The number of nitrogens with one attached hydrogen (secondary N) is 2. The standard InChI is InChI=1S/C16H22N5O3S.Y/c1-10-13(20(2)16(24)18-10)14(22)19-12(7-11-8-25-9-17-11)15(23)21-5-3-4-6-21;/h5,8-10,12-13H,3-4,6-7H2,1-2H3,(H,18,24)(H,19,22);/q-1;+3. The second kappa shape index (κ2) is 9.24. The van der Waals surface area contributed by atoms with Gasteiger partial charge in [-0.15, -0.1) is 11.3 Å². The van der Waals surface area contributed by atoms with E-state index in [1.807, 2.05) is 11.9 Å². The van der Waals surface area contributed by atoms with E-state index in [1.165, 1.54) is 16.2 Å². The summed E-state index contributed by atoms with van der Waals surface area (Å²) >= 11 is 1.45. The summed E-state index contributed by atoms with van der Waals surface area (Å²) in [6.07, 6.45) is 2.14. The SMILES string of the molecule is CC1NC(=O)N(C)C1C(=O)NC(Cc1cscn1)C(=O)N1[CH-]CCC1.[Y+3]. The molecular weight excluding hydrogens is 431 g/mol. The van der Waals surface area contributed by atoms with Gasteiger partial charge in [-0.2, -0.15) is 6.42 Å². The molecule has 0 aromatic carbocycles. The number of rotatable bonds is 5. The molecule has 0 radical (unpaired) electrons. The van der Waals surface area contributed by atoms with Crippen molar-refractivity contribution >= 4 is 29.2 Å². The van der Waals surface area contributed by atoms with Gasteiger partial charge in [0, 0.05) is 18.8 Å². The van der Waals surface area contributed by atoms with Gasteiger partial charge in [0.1, 0.15) is 12.1 Å². The van der Waals surface area contributed by atoms with Crippen LogP contribution in [0.25, 0.3) is 0 Å². The third kappa shape index (κ3) is 4.61. The van der Waals surface area contributed by atoms with E-state index in [0.717, 1.165) is 18.5 Å². The first kappa shape index (κ1) is 21.2. The summed E-state index contributed by atoms with van der Waals surface area (Å²) in [4.78, 5) is 44.5. The maximum Gasteiger partial charge on any atom is 3.00 e. The van der Waals surface area contributed by atoms with E-state index in [1.54, 1.807) is 24.4 Å². The zero-order valence-corrected chi connectivity index (χ0v) is 18.5. The third-order valence-corrected chi connectivity index (χ3v) is 5.21. The molecule has 3 rings (SSSR count). The third-order valence-electron chi connectivity index (χ3n) is 4.58. The monoisotopic (exact) mass is 453 g/mol. The van der Waals surface area contributed by atoms with Crippen molar-refractivity contribution in [3.05, 3.63) is 23.1 Å². The first-order valence-corrected chi connectivity index (χ1v) is 9.26. The van der Waals surface area contributed by atoms with Crippen molar-refractivity contribution in [2.75, 3.05) is 13.6 Å². The molecule has 3 atom stereocenters. The molecule has 3 heterocycles. The van der Waals surface area contributed by atoms with Crippen LogP contribution in [0.1, 0.15) is 25.5 Å². The second-order valence-electron chi connectivity index (χ2n) is 6.40. The van der Waals surface area contributed by atoms with Crippen molar-refractivity contribution in [2.45, 2.75) is 44.3 Å². The molecule has 2 saturated heterocycles. The predicted octanol–water partition coefficient (Wildman–Crippen LogP) is 0.364. The first-order valence-electron chi connectivity index (χ1n) is 8.32. The Labute approximate surface area is 182 Å². The van der Waals surface area contributed by atoms with Gasteiger partial charge in [-0.05, 0) is 13.5 Å². The molecule has 0 bridgehead atoms. The van der Waals surface area contributed by atoms with E-state index < -0.39 is 12.1 Å². The zero-order chi connectivity index (χ0) is 18.0. The first-order chi connectivity index (χ1) is 12.0. The van der Waals surface area contributed by atoms with E-state index in [9.17, 15) is 14.4 Å². The van der Waals surface area contributed by atoms with Crippen LogP contribution in [0.15, 0.2) is 10.9 Å². The molecule has 2 fully saturated rings. The molecule has 10 heteroatoms. The molecule has 2 aliphatic heterocycles. The Morgan fingerprint density at radius 3 is 2.85 bits per heavy atom. The van der Waals surface area contributed by atoms with Gasteiger partial charge in [0.2, 0.25) is 11.8 Å². The summed E-state index contributed by atoms with van der Waals surface area (Å²) in [5.74, 6) is -0.465. The van der Waals surface area contributed by atoms with Crippen LogP contribution in [-0.4, -0.2) is 64.3 Å². The maximum atomic E-state index is 12.8. The average molecular weight is 453 g/mol. The zero-order valence-electron chi connectivity index (χ0n) is 14.8. The number of nitrogens with zero attached hydrogens (tertiary/aromatic N) is 3. The van der Waals surface area contributed by atoms with Gasteiger partial charge >= 0.3 is 38.7 Å². The van der Waals surface area contributed by atoms with E-state index in [0.29, 0.717) is 13.0 Å². The van der Waals surface area contributed by atoms with Gasteiger partial charge in [-0.25, -0.2) is 16.3 Å². The molecule has 3 unspecified atom stereocenters. The van der Waals surface area contributed by atoms with Gasteiger partial charge in [-0.1, -0.05) is 6.42 Å². The fourth-order valence-electron chi connectivity index (χ4n) is 3.25. The molecule has 26 heavy (non-hydrogen) atoms. The topological polar surface area (TPSA) is 94.6 Å². The fourth-order valence-corrected chi connectivity index (χ4v) is 3.82. The molecule has 0 saturated carbocycles. The fraction of sp³-hybridized carbons (Fsp3) is 0.562. The van der Waals surface area contributed by atoms with Crippen LogP contribution in [0, 0.1) is 6.54 Å². The molecule has 8 nitrogen and oxygen atoms in total. The smallest absolute Gasteiger partial charge is 0.491 e. The van der Waals surface area contributed by atoms with E-state index in [-0.39, 0.29) is 56.6 Å². The molecule has 136 valence electrons. The van der Waals surface area contributed by atoms with Crippen molar-refractivity contribution in [1.29, 1.82) is 0 Å². The van der Waals surface area contributed by atoms with Gasteiger partial charge in [0.05, 0.1) is 17.2 Å². The molecule has 0 spiro atoms. The summed E-state index contributed by atoms with van der Waals surface area (Å²) in [6.45, 7) is 4.32. The van der Waals surface area contributed by atoms with Crippen molar-refractivity contribution in [2.24, 2.45) is 0 Å². The molecule has 1 aromatic heterocycles. The molecular formula is C16H22N5O3SY+2. The molecule has 2 N–H and O–H groups in total. The number of likely N-dealkylation sites (tertiary alicyclic amines) is 1. The summed E-state index contributed by atoms with van der Waals surface area (Å²) in [5, 5.41) is 7.42. The van der Waals surface area contributed by atoms with Crippen LogP contribution in [0.3, 0.4) is 0 Å². The van der Waals surface area contributed by atoms with E-state index in [4.69, 9.17) is 0 Å². The number of hydrogen-bond acceptors (Lipinski definition) is 5. The number of hydrogen-bond donors (Lipinski definition) is 2. The Morgan fingerprint density at radius 2 is 2.31 bits per heavy atom. The van der Waals surface area contributed by atoms with Crippen molar-refractivity contribution in [3.8, 4) is 0 Å². The summed E-state index contributed by atoms with van der Waals surface area (Å²) < 4.78 is 0. The van der Waals surface area contributed by atoms with Gasteiger partial charge < -0.3 is 20.4 Å². The van der Waals surface area contributed by atoms with Crippen LogP contribution >= 0.6 is 11.3 Å². The van der Waals surface area contributed by atoms with Crippen LogP contribution in [0.5, 0.6) is 0 Å². The van der Waals surface area contributed by atoms with Gasteiger partial charge in [-0.3, -0.25) is 9.59 Å². The number of thiazole rings is 1. The minimum Gasteiger partial charge on any atom is -0.491 e. The van der Waals surface area contributed by atoms with Gasteiger partial charge in [0.25, 0.3) is 0 Å². The van der Waals surface area contributed by atoms with Crippen molar-refractivity contribution in [3.63, 3.8) is 0 Å². The second-order valence-corrected chi connectivity index (χ2v) is 7.11. The van der Waals surface area contributed by atoms with E-state index >= 15 is 0 Å². The van der Waals surface area contributed by atoms with E-state index in [2.05, 4.69) is 15.6 Å². The number of carbonyl (C=O) groups excluding carboxylic acids is 3. The number of amides is 4. The van der Waals surface area contributed by atoms with Gasteiger partial charge in [0.15, 0.2) is 0 Å². The number of likely N-dealkylation sites (N-methyl/N-ethyl adjacent to an activating group) is 1.